The predicted molar refractivity (Wildman–Crippen MR) is 70.0 cm³/mol. The first-order valence-corrected chi connectivity index (χ1v) is 6.46. The Bertz CT molecular complexity index is 617. The van der Waals surface area contributed by atoms with Gasteiger partial charge >= 0.3 is 0 Å². The van der Waals surface area contributed by atoms with Gasteiger partial charge in [-0.1, -0.05) is 15.9 Å². The smallest absolute Gasteiger partial charge is 0.258 e. The molecule has 2 heterocycles. The molecular weight excluding hydrogens is 282 g/mol. The van der Waals surface area contributed by atoms with Gasteiger partial charge in [-0.15, -0.1) is 0 Å². The second-order valence-electron chi connectivity index (χ2n) is 4.26. The molecule has 1 aliphatic heterocycles. The Balaban J connectivity index is 2.18. The number of halogens is 1. The van der Waals surface area contributed by atoms with Gasteiger partial charge in [0.1, 0.15) is 5.82 Å². The molecule has 88 valence electrons. The second kappa shape index (κ2) is 4.23. The Hall–Kier alpha value is -1.20. The molecule has 0 amide bonds. The van der Waals surface area contributed by atoms with E-state index in [-0.39, 0.29) is 11.6 Å². The highest BCUT2D eigenvalue weighted by atomic mass is 79.9. The maximum Gasteiger partial charge on any atom is 0.258 e. The number of aromatic amines is 1. The number of fused-ring (bicyclic) bond motifs is 1. The molecule has 17 heavy (non-hydrogen) atoms. The minimum Gasteiger partial charge on any atom is -0.309 e. The van der Waals surface area contributed by atoms with E-state index in [1.54, 1.807) is 6.07 Å². The van der Waals surface area contributed by atoms with E-state index in [1.165, 1.54) is 0 Å². The van der Waals surface area contributed by atoms with Crippen molar-refractivity contribution in [3.05, 3.63) is 38.9 Å². The second-order valence-corrected chi connectivity index (χ2v) is 5.18. The molecule has 0 saturated carbocycles. The summed E-state index contributed by atoms with van der Waals surface area (Å²) < 4.78 is 0.938. The highest BCUT2D eigenvalue weighted by Gasteiger charge is 2.19. The van der Waals surface area contributed by atoms with E-state index in [0.29, 0.717) is 5.39 Å². The molecule has 0 bridgehead atoms. The van der Waals surface area contributed by atoms with Gasteiger partial charge < -0.3 is 10.3 Å². The van der Waals surface area contributed by atoms with Crippen LogP contribution in [0, 0.1) is 0 Å². The molecule has 2 N–H and O–H groups in total. The maximum atomic E-state index is 11.9. The minimum absolute atomic E-state index is 0.0637. The number of rotatable bonds is 1. The number of hydrogen-bond acceptors (Lipinski definition) is 3. The zero-order valence-corrected chi connectivity index (χ0v) is 10.8. The monoisotopic (exact) mass is 293 g/mol. The van der Waals surface area contributed by atoms with E-state index < -0.39 is 0 Å². The van der Waals surface area contributed by atoms with Gasteiger partial charge in [0, 0.05) is 4.47 Å². The molecule has 5 heteroatoms. The fourth-order valence-electron chi connectivity index (χ4n) is 2.21. The SMILES string of the molecule is O=c1[nH]c(C2CCCN2)nc2cc(Br)ccc12. The van der Waals surface area contributed by atoms with Gasteiger partial charge in [-0.3, -0.25) is 4.79 Å². The van der Waals surface area contributed by atoms with Crippen LogP contribution in [0.3, 0.4) is 0 Å². The summed E-state index contributed by atoms with van der Waals surface area (Å²) in [6.07, 6.45) is 2.16. The summed E-state index contributed by atoms with van der Waals surface area (Å²) in [5.41, 5.74) is 0.679. The molecule has 1 aromatic heterocycles. The van der Waals surface area contributed by atoms with Crippen LogP contribution in [0.5, 0.6) is 0 Å². The molecule has 0 spiro atoms. The van der Waals surface area contributed by atoms with Gasteiger partial charge in [-0.25, -0.2) is 4.98 Å². The summed E-state index contributed by atoms with van der Waals surface area (Å²) in [5, 5.41) is 3.97. The normalized spacial score (nSPS) is 19.9. The molecule has 1 aliphatic rings. The summed E-state index contributed by atoms with van der Waals surface area (Å²) in [5.74, 6) is 0.748. The van der Waals surface area contributed by atoms with E-state index >= 15 is 0 Å². The van der Waals surface area contributed by atoms with Gasteiger partial charge in [0.15, 0.2) is 0 Å². The van der Waals surface area contributed by atoms with Crippen LogP contribution < -0.4 is 10.9 Å². The summed E-state index contributed by atoms with van der Waals surface area (Å²) in [6, 6.07) is 5.71. The molecule has 1 aromatic carbocycles. The standard InChI is InChI=1S/C12H12BrN3O/c13-7-3-4-8-10(6-7)15-11(16-12(8)17)9-2-1-5-14-9/h3-4,6,9,14H,1-2,5H2,(H,15,16,17). The van der Waals surface area contributed by atoms with Crippen molar-refractivity contribution in [1.82, 2.24) is 15.3 Å². The fraction of sp³-hybridized carbons (Fsp3) is 0.333. The van der Waals surface area contributed by atoms with Crippen LogP contribution in [0.4, 0.5) is 0 Å². The predicted octanol–water partition coefficient (Wildman–Crippen LogP) is 2.11. The molecule has 4 nitrogen and oxygen atoms in total. The lowest BCUT2D eigenvalue weighted by atomic mass is 10.2. The van der Waals surface area contributed by atoms with Crippen LogP contribution in [-0.2, 0) is 0 Å². The van der Waals surface area contributed by atoms with E-state index in [9.17, 15) is 4.79 Å². The van der Waals surface area contributed by atoms with Crippen LogP contribution >= 0.6 is 15.9 Å². The summed E-state index contributed by atoms with van der Waals surface area (Å²) >= 11 is 3.40. The number of hydrogen-bond donors (Lipinski definition) is 2. The Morgan fingerprint density at radius 1 is 1.41 bits per heavy atom. The maximum absolute atomic E-state index is 11.9. The van der Waals surface area contributed by atoms with Crippen molar-refractivity contribution in [3.63, 3.8) is 0 Å². The topological polar surface area (TPSA) is 57.8 Å². The summed E-state index contributed by atoms with van der Waals surface area (Å²) in [7, 11) is 0. The Labute approximate surface area is 107 Å². The third-order valence-corrected chi connectivity index (χ3v) is 3.57. The molecule has 3 rings (SSSR count). The largest absolute Gasteiger partial charge is 0.309 e. The Kier molecular flexibility index (Phi) is 2.72. The number of H-pyrrole nitrogens is 1. The highest BCUT2D eigenvalue weighted by molar-refractivity contribution is 9.10. The van der Waals surface area contributed by atoms with Crippen molar-refractivity contribution in [2.45, 2.75) is 18.9 Å². The van der Waals surface area contributed by atoms with E-state index in [4.69, 9.17) is 0 Å². The Morgan fingerprint density at radius 2 is 2.29 bits per heavy atom. The summed E-state index contributed by atoms with van der Waals surface area (Å²) in [6.45, 7) is 0.991. The molecule has 1 fully saturated rings. The molecule has 1 saturated heterocycles. The molecule has 0 aliphatic carbocycles. The van der Waals surface area contributed by atoms with Crippen molar-refractivity contribution >= 4 is 26.8 Å². The van der Waals surface area contributed by atoms with E-state index in [0.717, 1.165) is 35.2 Å². The third-order valence-electron chi connectivity index (χ3n) is 3.08. The van der Waals surface area contributed by atoms with Crippen molar-refractivity contribution < 1.29 is 0 Å². The van der Waals surface area contributed by atoms with Crippen molar-refractivity contribution in [2.75, 3.05) is 6.54 Å². The molecular formula is C12H12BrN3O. The van der Waals surface area contributed by atoms with Gasteiger partial charge in [0.05, 0.1) is 16.9 Å². The van der Waals surface area contributed by atoms with Crippen molar-refractivity contribution in [2.24, 2.45) is 0 Å². The first-order valence-electron chi connectivity index (χ1n) is 5.67. The van der Waals surface area contributed by atoms with E-state index in [2.05, 4.69) is 31.2 Å². The zero-order valence-electron chi connectivity index (χ0n) is 9.16. The zero-order chi connectivity index (χ0) is 11.8. The number of aromatic nitrogens is 2. The lowest BCUT2D eigenvalue weighted by molar-refractivity contribution is 0.606. The molecule has 0 radical (unpaired) electrons. The molecule has 1 unspecified atom stereocenters. The lowest BCUT2D eigenvalue weighted by Crippen LogP contribution is -2.20. The highest BCUT2D eigenvalue weighted by Crippen LogP contribution is 2.21. The van der Waals surface area contributed by atoms with Crippen LogP contribution in [-0.4, -0.2) is 16.5 Å². The first-order chi connectivity index (χ1) is 8.24. The van der Waals surface area contributed by atoms with Crippen LogP contribution in [0.2, 0.25) is 0 Å². The van der Waals surface area contributed by atoms with Crippen molar-refractivity contribution in [1.29, 1.82) is 0 Å². The number of benzene rings is 1. The molecule has 2 aromatic rings. The van der Waals surface area contributed by atoms with Crippen LogP contribution in [0.15, 0.2) is 27.5 Å². The van der Waals surface area contributed by atoms with E-state index in [1.807, 2.05) is 12.1 Å². The third kappa shape index (κ3) is 2.00. The Morgan fingerprint density at radius 3 is 3.06 bits per heavy atom. The van der Waals surface area contributed by atoms with Crippen LogP contribution in [0.25, 0.3) is 10.9 Å². The van der Waals surface area contributed by atoms with Gasteiger partial charge in [-0.05, 0) is 37.6 Å². The number of nitrogens with zero attached hydrogens (tertiary/aromatic N) is 1. The number of nitrogens with one attached hydrogen (secondary N) is 2. The van der Waals surface area contributed by atoms with Crippen molar-refractivity contribution in [3.8, 4) is 0 Å². The summed E-state index contributed by atoms with van der Waals surface area (Å²) in [4.78, 5) is 19.3. The van der Waals surface area contributed by atoms with Gasteiger partial charge in [-0.2, -0.15) is 0 Å². The van der Waals surface area contributed by atoms with Gasteiger partial charge in [0.25, 0.3) is 5.56 Å². The van der Waals surface area contributed by atoms with Crippen LogP contribution in [0.1, 0.15) is 24.7 Å². The molecule has 1 atom stereocenters. The first kappa shape index (κ1) is 10.9. The average Bonchev–Trinajstić information content (AvgIpc) is 2.81. The quantitative estimate of drug-likeness (QED) is 0.847. The lowest BCUT2D eigenvalue weighted by Gasteiger charge is -2.09. The van der Waals surface area contributed by atoms with Gasteiger partial charge in [0.2, 0.25) is 0 Å². The average molecular weight is 294 g/mol. The fourth-order valence-corrected chi connectivity index (χ4v) is 2.56. The minimum atomic E-state index is -0.0637.